The summed E-state index contributed by atoms with van der Waals surface area (Å²) in [5, 5.41) is 3.42. The molecule has 4 nitrogen and oxygen atoms in total. The van der Waals surface area contributed by atoms with Crippen molar-refractivity contribution in [3.63, 3.8) is 0 Å². The summed E-state index contributed by atoms with van der Waals surface area (Å²) in [6.45, 7) is 12.9. The summed E-state index contributed by atoms with van der Waals surface area (Å²) in [6.07, 6.45) is 5.59. The van der Waals surface area contributed by atoms with E-state index in [0.717, 1.165) is 25.9 Å². The monoisotopic (exact) mass is 298 g/mol. The topological polar surface area (TPSA) is 41.6 Å². The van der Waals surface area contributed by atoms with Crippen LogP contribution < -0.4 is 5.32 Å². The Hall–Kier alpha value is -0.610. The third kappa shape index (κ3) is 4.96. The number of carbonyl (C=O) groups excluding carboxylic acids is 1. The number of rotatable bonds is 9. The predicted molar refractivity (Wildman–Crippen MR) is 87.4 cm³/mol. The molecule has 1 heterocycles. The molecule has 0 amide bonds. The number of nitrogens with one attached hydrogen (secondary N) is 1. The quantitative estimate of drug-likeness (QED) is 0.665. The van der Waals surface area contributed by atoms with Gasteiger partial charge in [0.15, 0.2) is 0 Å². The van der Waals surface area contributed by atoms with Crippen LogP contribution >= 0.6 is 0 Å². The van der Waals surface area contributed by atoms with E-state index in [4.69, 9.17) is 4.74 Å². The van der Waals surface area contributed by atoms with Gasteiger partial charge in [-0.15, -0.1) is 0 Å². The highest BCUT2D eigenvalue weighted by molar-refractivity contribution is 5.80. The molecule has 1 saturated heterocycles. The second-order valence-electron chi connectivity index (χ2n) is 6.47. The van der Waals surface area contributed by atoms with Gasteiger partial charge < -0.3 is 10.1 Å². The molecule has 1 aliphatic heterocycles. The summed E-state index contributed by atoms with van der Waals surface area (Å²) in [5.41, 5.74) is -0.577. The van der Waals surface area contributed by atoms with Crippen LogP contribution in [-0.4, -0.2) is 48.2 Å². The van der Waals surface area contributed by atoms with Gasteiger partial charge in [0.25, 0.3) is 0 Å². The van der Waals surface area contributed by atoms with Crippen molar-refractivity contribution in [3.05, 3.63) is 0 Å². The van der Waals surface area contributed by atoms with Gasteiger partial charge >= 0.3 is 5.97 Å². The Morgan fingerprint density at radius 1 is 1.43 bits per heavy atom. The fourth-order valence-electron chi connectivity index (χ4n) is 3.50. The van der Waals surface area contributed by atoms with Gasteiger partial charge in [-0.25, -0.2) is 0 Å². The maximum atomic E-state index is 12.4. The Kier molecular flexibility index (Phi) is 7.67. The van der Waals surface area contributed by atoms with Crippen LogP contribution in [0.5, 0.6) is 0 Å². The van der Waals surface area contributed by atoms with Gasteiger partial charge in [-0.2, -0.15) is 0 Å². The Labute approximate surface area is 130 Å². The van der Waals surface area contributed by atoms with E-state index in [9.17, 15) is 4.79 Å². The highest BCUT2D eigenvalue weighted by Crippen LogP contribution is 2.27. The van der Waals surface area contributed by atoms with Gasteiger partial charge in [0.2, 0.25) is 0 Å². The summed E-state index contributed by atoms with van der Waals surface area (Å²) in [6, 6.07) is 1.08. The van der Waals surface area contributed by atoms with E-state index in [1.807, 2.05) is 13.8 Å². The molecule has 0 aromatic heterocycles. The molecule has 0 radical (unpaired) electrons. The van der Waals surface area contributed by atoms with Crippen molar-refractivity contribution < 1.29 is 9.53 Å². The molecule has 1 rings (SSSR count). The Balaban J connectivity index is 2.72. The SMILES string of the molecule is CCCNC(C)(CC(C)N1CCCC1CC)C(=O)OCC. The lowest BCUT2D eigenvalue weighted by Gasteiger charge is -2.37. The number of hydrogen-bond acceptors (Lipinski definition) is 4. The van der Waals surface area contributed by atoms with Gasteiger partial charge in [-0.05, 0) is 66.0 Å². The van der Waals surface area contributed by atoms with Crippen LogP contribution in [0.4, 0.5) is 0 Å². The van der Waals surface area contributed by atoms with E-state index in [1.54, 1.807) is 0 Å². The second-order valence-corrected chi connectivity index (χ2v) is 6.47. The molecule has 3 atom stereocenters. The van der Waals surface area contributed by atoms with Crippen LogP contribution in [0.1, 0.15) is 66.7 Å². The molecule has 1 N–H and O–H groups in total. The van der Waals surface area contributed by atoms with E-state index in [2.05, 4.69) is 31.0 Å². The molecule has 0 spiro atoms. The highest BCUT2D eigenvalue weighted by atomic mass is 16.5. The van der Waals surface area contributed by atoms with Gasteiger partial charge in [0.05, 0.1) is 6.61 Å². The minimum Gasteiger partial charge on any atom is -0.465 e. The normalized spacial score (nSPS) is 23.8. The van der Waals surface area contributed by atoms with E-state index in [1.165, 1.54) is 19.3 Å². The third-order valence-electron chi connectivity index (χ3n) is 4.65. The number of nitrogens with zero attached hydrogens (tertiary/aromatic N) is 1. The molecule has 1 fully saturated rings. The largest absolute Gasteiger partial charge is 0.465 e. The smallest absolute Gasteiger partial charge is 0.326 e. The average Bonchev–Trinajstić information content (AvgIpc) is 2.94. The molecule has 1 aliphatic rings. The zero-order valence-electron chi connectivity index (χ0n) is 14.6. The molecule has 0 aromatic rings. The van der Waals surface area contributed by atoms with Crippen LogP contribution in [0, 0.1) is 0 Å². The summed E-state index contributed by atoms with van der Waals surface area (Å²) < 4.78 is 5.30. The van der Waals surface area contributed by atoms with Crippen LogP contribution in [0.2, 0.25) is 0 Å². The lowest BCUT2D eigenvalue weighted by Crippen LogP contribution is -2.55. The Morgan fingerprint density at radius 3 is 2.71 bits per heavy atom. The number of carbonyl (C=O) groups is 1. The van der Waals surface area contributed by atoms with E-state index < -0.39 is 5.54 Å². The second kappa shape index (κ2) is 8.74. The molecule has 124 valence electrons. The molecule has 0 aliphatic carbocycles. The molecule has 0 aromatic carbocycles. The molecule has 21 heavy (non-hydrogen) atoms. The fraction of sp³-hybridized carbons (Fsp3) is 0.941. The van der Waals surface area contributed by atoms with Crippen molar-refractivity contribution in [1.82, 2.24) is 10.2 Å². The van der Waals surface area contributed by atoms with Crippen molar-refractivity contribution >= 4 is 5.97 Å². The zero-order valence-corrected chi connectivity index (χ0v) is 14.6. The number of hydrogen-bond donors (Lipinski definition) is 1. The first kappa shape index (κ1) is 18.4. The van der Waals surface area contributed by atoms with Crippen molar-refractivity contribution in [3.8, 4) is 0 Å². The van der Waals surface area contributed by atoms with Crippen molar-refractivity contribution in [2.24, 2.45) is 0 Å². The molecule has 0 bridgehead atoms. The number of esters is 1. The summed E-state index contributed by atoms with van der Waals surface area (Å²) in [5.74, 6) is -0.113. The molecule has 0 saturated carbocycles. The van der Waals surface area contributed by atoms with Gasteiger partial charge in [-0.3, -0.25) is 9.69 Å². The van der Waals surface area contributed by atoms with Gasteiger partial charge in [0.1, 0.15) is 5.54 Å². The fourth-order valence-corrected chi connectivity index (χ4v) is 3.50. The van der Waals surface area contributed by atoms with Crippen LogP contribution in [-0.2, 0) is 9.53 Å². The van der Waals surface area contributed by atoms with Gasteiger partial charge in [0, 0.05) is 12.1 Å². The van der Waals surface area contributed by atoms with Crippen molar-refractivity contribution in [1.29, 1.82) is 0 Å². The lowest BCUT2D eigenvalue weighted by atomic mass is 9.92. The standard InChI is InChI=1S/C17H34N2O2/c1-6-11-18-17(5,16(20)21-8-3)13-14(4)19-12-9-10-15(19)7-2/h14-15,18H,6-13H2,1-5H3. The first-order valence-electron chi connectivity index (χ1n) is 8.66. The molecular weight excluding hydrogens is 264 g/mol. The number of ether oxygens (including phenoxy) is 1. The Bertz CT molecular complexity index is 322. The van der Waals surface area contributed by atoms with E-state index in [-0.39, 0.29) is 5.97 Å². The average molecular weight is 298 g/mol. The van der Waals surface area contributed by atoms with Crippen molar-refractivity contribution in [2.45, 2.75) is 84.3 Å². The summed E-state index contributed by atoms with van der Waals surface area (Å²) >= 11 is 0. The first-order chi connectivity index (χ1) is 9.98. The maximum Gasteiger partial charge on any atom is 0.326 e. The highest BCUT2D eigenvalue weighted by Gasteiger charge is 2.38. The van der Waals surface area contributed by atoms with Crippen LogP contribution in [0.15, 0.2) is 0 Å². The lowest BCUT2D eigenvalue weighted by molar-refractivity contribution is -0.151. The third-order valence-corrected chi connectivity index (χ3v) is 4.65. The van der Waals surface area contributed by atoms with Crippen LogP contribution in [0.25, 0.3) is 0 Å². The van der Waals surface area contributed by atoms with Gasteiger partial charge in [-0.1, -0.05) is 13.8 Å². The molecular formula is C17H34N2O2. The van der Waals surface area contributed by atoms with Crippen LogP contribution in [0.3, 0.4) is 0 Å². The zero-order chi connectivity index (χ0) is 15.9. The maximum absolute atomic E-state index is 12.4. The molecule has 4 heteroatoms. The summed E-state index contributed by atoms with van der Waals surface area (Å²) in [4.78, 5) is 14.9. The first-order valence-corrected chi connectivity index (χ1v) is 8.66. The Morgan fingerprint density at radius 2 is 2.14 bits per heavy atom. The predicted octanol–water partition coefficient (Wildman–Crippen LogP) is 2.96. The summed E-state index contributed by atoms with van der Waals surface area (Å²) in [7, 11) is 0. The molecule has 3 unspecified atom stereocenters. The number of likely N-dealkylation sites (tertiary alicyclic amines) is 1. The van der Waals surface area contributed by atoms with E-state index >= 15 is 0 Å². The van der Waals surface area contributed by atoms with Crippen molar-refractivity contribution in [2.75, 3.05) is 19.7 Å². The minimum absolute atomic E-state index is 0.113. The minimum atomic E-state index is -0.577. The van der Waals surface area contributed by atoms with E-state index in [0.29, 0.717) is 18.7 Å².